The molecule has 4 aromatic rings. The van der Waals surface area contributed by atoms with Gasteiger partial charge in [-0.1, -0.05) is 35.9 Å². The second-order valence-electron chi connectivity index (χ2n) is 7.60. The number of hydrogen-bond donors (Lipinski definition) is 1. The number of pyridine rings is 2. The maximum atomic E-state index is 13.3. The Labute approximate surface area is 175 Å². The summed E-state index contributed by atoms with van der Waals surface area (Å²) in [5, 5.41) is 3.60. The lowest BCUT2D eigenvalue weighted by Gasteiger charge is -2.13. The molecule has 0 saturated carbocycles. The number of nitrogens with one attached hydrogen (secondary N) is 1. The molecule has 30 heavy (non-hydrogen) atoms. The lowest BCUT2D eigenvalue weighted by Crippen LogP contribution is -2.30. The number of fused-ring (bicyclic) bond motifs is 1. The molecule has 150 valence electrons. The van der Waals surface area contributed by atoms with Crippen LogP contribution in [0.25, 0.3) is 11.0 Å². The highest BCUT2D eigenvalue weighted by atomic mass is 16.2. The standard InChI is InChI=1S/C25H23N3O2/c1-16-6-9-19(10-7-16)15-28-23-20(5-4-12-26-23)14-22(25(28)30)24(29)27-21-11-8-17(2)18(3)13-21/h4-14H,15H2,1-3H3,(H,27,29). The third-order valence-electron chi connectivity index (χ3n) is 5.32. The average molecular weight is 397 g/mol. The first-order valence-electron chi connectivity index (χ1n) is 9.85. The normalized spacial score (nSPS) is 10.9. The molecule has 0 fully saturated rings. The molecule has 2 aromatic carbocycles. The third-order valence-corrected chi connectivity index (χ3v) is 5.32. The number of carbonyl (C=O) groups excluding carboxylic acids is 1. The molecular formula is C25H23N3O2. The Balaban J connectivity index is 1.77. The molecule has 0 radical (unpaired) electrons. The van der Waals surface area contributed by atoms with E-state index in [1.54, 1.807) is 22.9 Å². The van der Waals surface area contributed by atoms with E-state index in [1.165, 1.54) is 0 Å². The number of carbonyl (C=O) groups is 1. The second-order valence-corrected chi connectivity index (χ2v) is 7.60. The van der Waals surface area contributed by atoms with Gasteiger partial charge >= 0.3 is 0 Å². The van der Waals surface area contributed by atoms with Crippen LogP contribution in [-0.4, -0.2) is 15.5 Å². The van der Waals surface area contributed by atoms with Crippen LogP contribution in [0.5, 0.6) is 0 Å². The van der Waals surface area contributed by atoms with Gasteiger partial charge in [0.2, 0.25) is 0 Å². The summed E-state index contributed by atoms with van der Waals surface area (Å²) >= 11 is 0. The number of amides is 1. The summed E-state index contributed by atoms with van der Waals surface area (Å²) in [4.78, 5) is 30.6. The van der Waals surface area contributed by atoms with E-state index in [0.29, 0.717) is 17.9 Å². The summed E-state index contributed by atoms with van der Waals surface area (Å²) in [6.45, 7) is 6.37. The molecule has 0 spiro atoms. The monoisotopic (exact) mass is 397 g/mol. The van der Waals surface area contributed by atoms with E-state index >= 15 is 0 Å². The van der Waals surface area contributed by atoms with Gasteiger partial charge in [-0.2, -0.15) is 0 Å². The number of aryl methyl sites for hydroxylation is 3. The van der Waals surface area contributed by atoms with Gasteiger partial charge in [-0.05, 0) is 67.8 Å². The zero-order chi connectivity index (χ0) is 21.3. The van der Waals surface area contributed by atoms with Crippen molar-refractivity contribution in [1.82, 2.24) is 9.55 Å². The first kappa shape index (κ1) is 19.6. The number of anilines is 1. The van der Waals surface area contributed by atoms with Crippen molar-refractivity contribution in [2.45, 2.75) is 27.3 Å². The lowest BCUT2D eigenvalue weighted by molar-refractivity contribution is 0.102. The van der Waals surface area contributed by atoms with Gasteiger partial charge < -0.3 is 5.32 Å². The smallest absolute Gasteiger partial charge is 0.265 e. The van der Waals surface area contributed by atoms with Crippen molar-refractivity contribution in [3.8, 4) is 0 Å². The van der Waals surface area contributed by atoms with Crippen LogP contribution in [0, 0.1) is 20.8 Å². The van der Waals surface area contributed by atoms with E-state index in [4.69, 9.17) is 0 Å². The molecule has 1 amide bonds. The molecular weight excluding hydrogens is 374 g/mol. The quantitative estimate of drug-likeness (QED) is 0.546. The van der Waals surface area contributed by atoms with Gasteiger partial charge in [-0.25, -0.2) is 4.98 Å². The van der Waals surface area contributed by atoms with E-state index in [2.05, 4.69) is 10.3 Å². The number of rotatable bonds is 4. The van der Waals surface area contributed by atoms with E-state index in [0.717, 1.165) is 27.6 Å². The van der Waals surface area contributed by atoms with Crippen molar-refractivity contribution in [1.29, 1.82) is 0 Å². The van der Waals surface area contributed by atoms with Crippen molar-refractivity contribution in [3.63, 3.8) is 0 Å². The lowest BCUT2D eigenvalue weighted by atomic mass is 10.1. The Morgan fingerprint density at radius 3 is 2.47 bits per heavy atom. The maximum Gasteiger partial charge on any atom is 0.265 e. The molecule has 0 aliphatic heterocycles. The van der Waals surface area contributed by atoms with Gasteiger partial charge in [-0.3, -0.25) is 14.2 Å². The van der Waals surface area contributed by atoms with E-state index < -0.39 is 5.91 Å². The highest BCUT2D eigenvalue weighted by molar-refractivity contribution is 6.05. The Morgan fingerprint density at radius 2 is 1.73 bits per heavy atom. The van der Waals surface area contributed by atoms with E-state index in [9.17, 15) is 9.59 Å². The summed E-state index contributed by atoms with van der Waals surface area (Å²) in [5.41, 5.74) is 5.31. The van der Waals surface area contributed by atoms with Crippen LogP contribution in [0.4, 0.5) is 5.69 Å². The van der Waals surface area contributed by atoms with Gasteiger partial charge in [-0.15, -0.1) is 0 Å². The number of nitrogens with zero attached hydrogens (tertiary/aromatic N) is 2. The van der Waals surface area contributed by atoms with E-state index in [-0.39, 0.29) is 11.1 Å². The molecule has 2 heterocycles. The Hall–Kier alpha value is -3.73. The molecule has 0 bridgehead atoms. The minimum absolute atomic E-state index is 0.0980. The Kier molecular flexibility index (Phi) is 5.19. The van der Waals surface area contributed by atoms with Gasteiger partial charge in [0.05, 0.1) is 6.54 Å². The Bertz CT molecular complexity index is 1300. The summed E-state index contributed by atoms with van der Waals surface area (Å²) in [5.74, 6) is -0.424. The molecule has 0 aliphatic carbocycles. The molecule has 0 unspecified atom stereocenters. The largest absolute Gasteiger partial charge is 0.322 e. The topological polar surface area (TPSA) is 64.0 Å². The molecule has 5 nitrogen and oxygen atoms in total. The summed E-state index contributed by atoms with van der Waals surface area (Å²) in [6.07, 6.45) is 1.65. The summed E-state index contributed by atoms with van der Waals surface area (Å²) in [7, 11) is 0. The van der Waals surface area contributed by atoms with Crippen LogP contribution in [0.3, 0.4) is 0 Å². The van der Waals surface area contributed by atoms with E-state index in [1.807, 2.05) is 69.3 Å². The Morgan fingerprint density at radius 1 is 0.967 bits per heavy atom. The number of aromatic nitrogens is 2. The van der Waals surface area contributed by atoms with Crippen molar-refractivity contribution < 1.29 is 4.79 Å². The highest BCUT2D eigenvalue weighted by Gasteiger charge is 2.17. The van der Waals surface area contributed by atoms with Crippen LogP contribution in [0.1, 0.15) is 32.6 Å². The first-order chi connectivity index (χ1) is 14.4. The fourth-order valence-corrected chi connectivity index (χ4v) is 3.41. The molecule has 0 saturated heterocycles. The summed E-state index contributed by atoms with van der Waals surface area (Å²) in [6, 6.07) is 19.0. The molecule has 0 aliphatic rings. The van der Waals surface area contributed by atoms with Crippen molar-refractivity contribution >= 4 is 22.6 Å². The van der Waals surface area contributed by atoms with Crippen LogP contribution < -0.4 is 10.9 Å². The predicted molar refractivity (Wildman–Crippen MR) is 120 cm³/mol. The van der Waals surface area contributed by atoms with Crippen LogP contribution in [0.15, 0.2) is 71.7 Å². The van der Waals surface area contributed by atoms with Gasteiger partial charge in [0.1, 0.15) is 11.2 Å². The molecule has 4 rings (SSSR count). The van der Waals surface area contributed by atoms with Crippen molar-refractivity contribution in [2.24, 2.45) is 0 Å². The third kappa shape index (κ3) is 3.87. The molecule has 5 heteroatoms. The van der Waals surface area contributed by atoms with Crippen molar-refractivity contribution in [3.05, 3.63) is 105 Å². The van der Waals surface area contributed by atoms with Crippen LogP contribution in [0.2, 0.25) is 0 Å². The van der Waals surface area contributed by atoms with Crippen molar-refractivity contribution in [2.75, 3.05) is 5.32 Å². The first-order valence-corrected chi connectivity index (χ1v) is 9.85. The molecule has 0 atom stereocenters. The zero-order valence-electron chi connectivity index (χ0n) is 17.3. The van der Waals surface area contributed by atoms with Crippen LogP contribution in [-0.2, 0) is 6.54 Å². The minimum atomic E-state index is -0.424. The zero-order valence-corrected chi connectivity index (χ0v) is 17.3. The summed E-state index contributed by atoms with van der Waals surface area (Å²) < 4.78 is 1.56. The molecule has 2 aromatic heterocycles. The number of benzene rings is 2. The van der Waals surface area contributed by atoms with Gasteiger partial charge in [0, 0.05) is 17.3 Å². The molecule has 1 N–H and O–H groups in total. The van der Waals surface area contributed by atoms with Gasteiger partial charge in [0.15, 0.2) is 0 Å². The fourth-order valence-electron chi connectivity index (χ4n) is 3.41. The second kappa shape index (κ2) is 7.95. The van der Waals surface area contributed by atoms with Crippen LogP contribution >= 0.6 is 0 Å². The minimum Gasteiger partial charge on any atom is -0.322 e. The van der Waals surface area contributed by atoms with Gasteiger partial charge in [0.25, 0.3) is 11.5 Å². The highest BCUT2D eigenvalue weighted by Crippen LogP contribution is 2.17. The SMILES string of the molecule is Cc1ccc(Cn2c(=O)c(C(=O)Nc3ccc(C)c(C)c3)cc3cccnc32)cc1. The fraction of sp³-hybridized carbons (Fsp3) is 0.160. The predicted octanol–water partition coefficient (Wildman–Crippen LogP) is 4.62. The maximum absolute atomic E-state index is 13.3. The average Bonchev–Trinajstić information content (AvgIpc) is 2.74. The number of hydrogen-bond acceptors (Lipinski definition) is 3.